The quantitative estimate of drug-likeness (QED) is 0.648. The minimum absolute atomic E-state index is 0.00360. The standard InChI is InChI=1S/C24H36N2O7/c1-18(2)23-24(29)33-17-20(16-19-6-4-3-5-7-19)25-21(27)8-10-30-12-14-32-15-13-31-11-9-22(28)26-23/h3-7,18,20,23H,8-17H2,1-2H3,(H,25,27)(H,26,28)/t20-,23-/m0/s1. The molecule has 2 rings (SSSR count). The Bertz CT molecular complexity index is 727. The maximum Gasteiger partial charge on any atom is 0.328 e. The number of amides is 2. The second-order valence-corrected chi connectivity index (χ2v) is 8.21. The van der Waals surface area contributed by atoms with E-state index in [-0.39, 0.29) is 50.4 Å². The molecule has 0 spiro atoms. The van der Waals surface area contributed by atoms with Gasteiger partial charge in [-0.05, 0) is 17.9 Å². The molecule has 0 bridgehead atoms. The molecule has 1 aliphatic rings. The van der Waals surface area contributed by atoms with Gasteiger partial charge in [-0.1, -0.05) is 44.2 Å². The maximum atomic E-state index is 12.7. The Morgan fingerprint density at radius 1 is 0.818 bits per heavy atom. The molecular formula is C24H36N2O7. The molecule has 0 unspecified atom stereocenters. The lowest BCUT2D eigenvalue weighted by Gasteiger charge is -2.24. The van der Waals surface area contributed by atoms with Crippen molar-refractivity contribution < 1.29 is 33.3 Å². The highest BCUT2D eigenvalue weighted by atomic mass is 16.5. The van der Waals surface area contributed by atoms with Crippen LogP contribution in [0.4, 0.5) is 0 Å². The zero-order valence-electron chi connectivity index (χ0n) is 19.5. The second-order valence-electron chi connectivity index (χ2n) is 8.21. The summed E-state index contributed by atoms with van der Waals surface area (Å²) in [6, 6.07) is 8.46. The number of benzene rings is 1. The van der Waals surface area contributed by atoms with Gasteiger partial charge in [0, 0.05) is 12.8 Å². The van der Waals surface area contributed by atoms with Gasteiger partial charge in [0.25, 0.3) is 0 Å². The van der Waals surface area contributed by atoms with Gasteiger partial charge in [-0.3, -0.25) is 9.59 Å². The third-order valence-corrected chi connectivity index (χ3v) is 5.04. The molecule has 1 fully saturated rings. The van der Waals surface area contributed by atoms with Gasteiger partial charge in [0.2, 0.25) is 11.8 Å². The summed E-state index contributed by atoms with van der Waals surface area (Å²) in [4.78, 5) is 37.4. The summed E-state index contributed by atoms with van der Waals surface area (Å²) in [5.41, 5.74) is 1.01. The fraction of sp³-hybridized carbons (Fsp3) is 0.625. The number of nitrogens with one attached hydrogen (secondary N) is 2. The first-order chi connectivity index (χ1) is 16.0. The normalized spacial score (nSPS) is 23.3. The van der Waals surface area contributed by atoms with E-state index < -0.39 is 18.1 Å². The summed E-state index contributed by atoms with van der Waals surface area (Å²) in [5, 5.41) is 5.66. The SMILES string of the molecule is CC(C)[C@@H]1NC(=O)CCOCCOCCOCCC(=O)N[C@@H](Cc2ccccc2)COC1=O. The van der Waals surface area contributed by atoms with Crippen molar-refractivity contribution in [2.45, 2.75) is 45.2 Å². The van der Waals surface area contributed by atoms with Gasteiger partial charge >= 0.3 is 5.97 Å². The van der Waals surface area contributed by atoms with Crippen molar-refractivity contribution in [3.8, 4) is 0 Å². The highest BCUT2D eigenvalue weighted by Gasteiger charge is 2.27. The van der Waals surface area contributed by atoms with Crippen LogP contribution in [-0.4, -0.2) is 76.1 Å². The number of ether oxygens (including phenoxy) is 4. The molecule has 1 saturated heterocycles. The average molecular weight is 465 g/mol. The first kappa shape index (κ1) is 26.8. The molecule has 9 heteroatoms. The van der Waals surface area contributed by atoms with Gasteiger partial charge in [0.1, 0.15) is 12.6 Å². The third kappa shape index (κ3) is 11.3. The number of hydrogen-bond donors (Lipinski definition) is 2. The lowest BCUT2D eigenvalue weighted by atomic mass is 10.0. The maximum absolute atomic E-state index is 12.7. The predicted molar refractivity (Wildman–Crippen MR) is 121 cm³/mol. The monoisotopic (exact) mass is 464 g/mol. The molecule has 33 heavy (non-hydrogen) atoms. The van der Waals surface area contributed by atoms with Gasteiger partial charge in [-0.25, -0.2) is 4.79 Å². The molecule has 184 valence electrons. The molecule has 1 aromatic carbocycles. The van der Waals surface area contributed by atoms with Gasteiger partial charge in [0.05, 0.1) is 45.7 Å². The third-order valence-electron chi connectivity index (χ3n) is 5.04. The Balaban J connectivity index is 2.04. The van der Waals surface area contributed by atoms with E-state index in [2.05, 4.69) is 10.6 Å². The van der Waals surface area contributed by atoms with Gasteiger partial charge < -0.3 is 29.6 Å². The summed E-state index contributed by atoms with van der Waals surface area (Å²) in [6.07, 6.45) is 0.823. The zero-order valence-corrected chi connectivity index (χ0v) is 19.5. The number of esters is 1. The lowest BCUT2D eigenvalue weighted by molar-refractivity contribution is -0.150. The van der Waals surface area contributed by atoms with Gasteiger partial charge in [0.15, 0.2) is 0 Å². The Morgan fingerprint density at radius 2 is 1.36 bits per heavy atom. The Labute approximate surface area is 195 Å². The number of cyclic esters (lactones) is 1. The summed E-state index contributed by atoms with van der Waals surface area (Å²) >= 11 is 0. The molecule has 1 heterocycles. The fourth-order valence-corrected chi connectivity index (χ4v) is 3.24. The molecule has 0 radical (unpaired) electrons. The van der Waals surface area contributed by atoms with E-state index in [1.165, 1.54) is 0 Å². The fourth-order valence-electron chi connectivity index (χ4n) is 3.24. The van der Waals surface area contributed by atoms with E-state index in [0.717, 1.165) is 5.56 Å². The lowest BCUT2D eigenvalue weighted by Crippen LogP contribution is -2.47. The minimum atomic E-state index is -0.784. The van der Waals surface area contributed by atoms with Crippen LogP contribution in [0.3, 0.4) is 0 Å². The second kappa shape index (κ2) is 15.4. The molecule has 1 aliphatic heterocycles. The van der Waals surface area contributed by atoms with E-state index in [4.69, 9.17) is 18.9 Å². The van der Waals surface area contributed by atoms with E-state index >= 15 is 0 Å². The predicted octanol–water partition coefficient (Wildman–Crippen LogP) is 1.24. The van der Waals surface area contributed by atoms with Crippen LogP contribution in [0.5, 0.6) is 0 Å². The van der Waals surface area contributed by atoms with Crippen LogP contribution in [0.15, 0.2) is 30.3 Å². The average Bonchev–Trinajstić information content (AvgIpc) is 2.79. The van der Waals surface area contributed by atoms with Crippen LogP contribution >= 0.6 is 0 Å². The van der Waals surface area contributed by atoms with E-state index in [1.807, 2.05) is 44.2 Å². The topological polar surface area (TPSA) is 112 Å². The van der Waals surface area contributed by atoms with Crippen molar-refractivity contribution >= 4 is 17.8 Å². The highest BCUT2D eigenvalue weighted by molar-refractivity contribution is 5.84. The summed E-state index contributed by atoms with van der Waals surface area (Å²) in [5.74, 6) is -1.17. The number of carbonyl (C=O) groups is 3. The molecule has 0 aromatic heterocycles. The molecule has 1 aromatic rings. The van der Waals surface area contributed by atoms with E-state index in [9.17, 15) is 14.4 Å². The molecule has 9 nitrogen and oxygen atoms in total. The first-order valence-electron chi connectivity index (χ1n) is 11.5. The molecule has 2 atom stereocenters. The Morgan fingerprint density at radius 3 is 1.94 bits per heavy atom. The van der Waals surface area contributed by atoms with E-state index in [0.29, 0.717) is 32.8 Å². The van der Waals surface area contributed by atoms with Gasteiger partial charge in [-0.2, -0.15) is 0 Å². The highest BCUT2D eigenvalue weighted by Crippen LogP contribution is 2.08. The van der Waals surface area contributed by atoms with Crippen LogP contribution < -0.4 is 10.6 Å². The van der Waals surface area contributed by atoms with Crippen molar-refractivity contribution in [2.75, 3.05) is 46.2 Å². The molecule has 2 amide bonds. The Hall–Kier alpha value is -2.49. The summed E-state index contributed by atoms with van der Waals surface area (Å²) in [6.45, 7) is 5.68. The van der Waals surface area contributed by atoms with Crippen molar-refractivity contribution in [1.29, 1.82) is 0 Å². The van der Waals surface area contributed by atoms with Crippen LogP contribution in [0.1, 0.15) is 32.3 Å². The minimum Gasteiger partial charge on any atom is -0.462 e. The van der Waals surface area contributed by atoms with Gasteiger partial charge in [-0.15, -0.1) is 0 Å². The smallest absolute Gasteiger partial charge is 0.328 e. The molecule has 2 N–H and O–H groups in total. The largest absolute Gasteiger partial charge is 0.462 e. The Kier molecular flexibility index (Phi) is 12.5. The summed E-state index contributed by atoms with van der Waals surface area (Å²) < 4.78 is 21.8. The summed E-state index contributed by atoms with van der Waals surface area (Å²) in [7, 11) is 0. The van der Waals surface area contributed by atoms with Crippen molar-refractivity contribution in [1.82, 2.24) is 10.6 Å². The van der Waals surface area contributed by atoms with Crippen molar-refractivity contribution in [3.05, 3.63) is 35.9 Å². The first-order valence-corrected chi connectivity index (χ1v) is 11.5. The van der Waals surface area contributed by atoms with Crippen LogP contribution in [0.25, 0.3) is 0 Å². The molecular weight excluding hydrogens is 428 g/mol. The van der Waals surface area contributed by atoms with Crippen LogP contribution in [-0.2, 0) is 39.8 Å². The number of hydrogen-bond acceptors (Lipinski definition) is 7. The van der Waals surface area contributed by atoms with Crippen molar-refractivity contribution in [3.63, 3.8) is 0 Å². The number of rotatable bonds is 3. The molecule has 0 aliphatic carbocycles. The van der Waals surface area contributed by atoms with E-state index in [1.54, 1.807) is 0 Å². The van der Waals surface area contributed by atoms with Crippen LogP contribution in [0.2, 0.25) is 0 Å². The van der Waals surface area contributed by atoms with Crippen LogP contribution in [0, 0.1) is 5.92 Å². The molecule has 0 saturated carbocycles. The van der Waals surface area contributed by atoms with Crippen molar-refractivity contribution in [2.24, 2.45) is 5.92 Å². The zero-order chi connectivity index (χ0) is 23.9. The number of carbonyl (C=O) groups excluding carboxylic acids is 3.